The number of methoxy groups -OCH3 is 1. The highest BCUT2D eigenvalue weighted by atomic mass is 79.9. The molecule has 0 fully saturated rings. The van der Waals surface area contributed by atoms with E-state index in [-0.39, 0.29) is 11.1 Å². The van der Waals surface area contributed by atoms with E-state index in [2.05, 4.69) is 25.7 Å². The number of halogens is 4. The third kappa shape index (κ3) is 2.17. The molecule has 14 heavy (non-hydrogen) atoms. The predicted octanol–water partition coefficient (Wildman–Crippen LogP) is 3.06. The summed E-state index contributed by atoms with van der Waals surface area (Å²) >= 11 is 3.04. The summed E-state index contributed by atoms with van der Waals surface area (Å²) in [5.41, 5.74) is -0.485. The molecule has 0 spiro atoms. The summed E-state index contributed by atoms with van der Waals surface area (Å²) in [6.07, 6.45) is -2.93. The molecule has 0 aromatic carbocycles. The summed E-state index contributed by atoms with van der Waals surface area (Å²) in [6, 6.07) is 1.28. The average molecular weight is 270 g/mol. The Balaban J connectivity index is 3.27. The zero-order valence-electron chi connectivity index (χ0n) is 7.23. The van der Waals surface area contributed by atoms with Gasteiger partial charge in [0.05, 0.1) is 12.8 Å². The number of pyridine rings is 1. The van der Waals surface area contributed by atoms with Crippen LogP contribution in [0.25, 0.3) is 0 Å². The van der Waals surface area contributed by atoms with E-state index in [9.17, 15) is 13.2 Å². The van der Waals surface area contributed by atoms with Crippen LogP contribution in [0.2, 0.25) is 0 Å². The van der Waals surface area contributed by atoms with Crippen LogP contribution < -0.4 is 4.74 Å². The Morgan fingerprint density at radius 3 is 2.64 bits per heavy atom. The van der Waals surface area contributed by atoms with Gasteiger partial charge in [0.25, 0.3) is 6.43 Å². The van der Waals surface area contributed by atoms with Crippen LogP contribution in [0.1, 0.15) is 17.7 Å². The van der Waals surface area contributed by atoms with Crippen molar-refractivity contribution < 1.29 is 17.9 Å². The van der Waals surface area contributed by atoms with Crippen LogP contribution in [0.5, 0.6) is 5.75 Å². The molecule has 0 aliphatic heterocycles. The average Bonchev–Trinajstić information content (AvgIpc) is 2.15. The monoisotopic (exact) mass is 269 g/mol. The number of hydrogen-bond donors (Lipinski definition) is 0. The molecule has 0 radical (unpaired) electrons. The second kappa shape index (κ2) is 4.63. The topological polar surface area (TPSA) is 22.1 Å². The van der Waals surface area contributed by atoms with Gasteiger partial charge in [-0.1, -0.05) is 15.9 Å². The van der Waals surface area contributed by atoms with Crippen LogP contribution in [0.4, 0.5) is 13.2 Å². The largest absolute Gasteiger partial charge is 0.496 e. The SMILES string of the molecule is COc1cc(CBr)nc(F)c1C(F)F. The lowest BCUT2D eigenvalue weighted by molar-refractivity contribution is 0.140. The van der Waals surface area contributed by atoms with Crippen molar-refractivity contribution >= 4 is 15.9 Å². The third-order valence-electron chi connectivity index (χ3n) is 1.60. The van der Waals surface area contributed by atoms with Crippen LogP contribution in [0.3, 0.4) is 0 Å². The molecule has 0 aliphatic rings. The predicted molar refractivity (Wildman–Crippen MR) is 48.3 cm³/mol. The van der Waals surface area contributed by atoms with E-state index in [0.29, 0.717) is 5.69 Å². The molecule has 6 heteroatoms. The summed E-state index contributed by atoms with van der Waals surface area (Å²) in [7, 11) is 1.21. The summed E-state index contributed by atoms with van der Waals surface area (Å²) < 4.78 is 42.4. The number of aromatic nitrogens is 1. The molecular formula is C8H7BrF3NO. The summed E-state index contributed by atoms with van der Waals surface area (Å²) in [4.78, 5) is 3.35. The standard InChI is InChI=1S/C8H7BrF3NO/c1-14-5-2-4(3-9)13-8(12)6(5)7(10)11/h2,7H,3H2,1H3. The molecule has 0 amide bonds. The van der Waals surface area contributed by atoms with Crippen LogP contribution in [0.15, 0.2) is 6.07 Å². The van der Waals surface area contributed by atoms with Crippen LogP contribution >= 0.6 is 15.9 Å². The first-order valence-corrected chi connectivity index (χ1v) is 4.79. The van der Waals surface area contributed by atoms with Gasteiger partial charge in [0, 0.05) is 11.4 Å². The van der Waals surface area contributed by atoms with E-state index in [1.165, 1.54) is 13.2 Å². The first-order valence-electron chi connectivity index (χ1n) is 3.67. The maximum absolute atomic E-state index is 13.0. The van der Waals surface area contributed by atoms with Gasteiger partial charge in [0.15, 0.2) is 0 Å². The molecule has 0 saturated heterocycles. The number of nitrogens with zero attached hydrogens (tertiary/aromatic N) is 1. The van der Waals surface area contributed by atoms with Gasteiger partial charge >= 0.3 is 0 Å². The van der Waals surface area contributed by atoms with E-state index in [4.69, 9.17) is 0 Å². The van der Waals surface area contributed by atoms with Crippen molar-refractivity contribution in [3.05, 3.63) is 23.3 Å². The molecular weight excluding hydrogens is 263 g/mol. The molecule has 0 unspecified atom stereocenters. The minimum atomic E-state index is -2.93. The van der Waals surface area contributed by atoms with Crippen LogP contribution in [-0.4, -0.2) is 12.1 Å². The van der Waals surface area contributed by atoms with Gasteiger partial charge in [-0.2, -0.15) is 4.39 Å². The Hall–Kier alpha value is -0.780. The number of ether oxygens (including phenoxy) is 1. The molecule has 0 bridgehead atoms. The highest BCUT2D eigenvalue weighted by Crippen LogP contribution is 2.31. The van der Waals surface area contributed by atoms with E-state index in [0.717, 1.165) is 0 Å². The number of alkyl halides is 3. The Morgan fingerprint density at radius 2 is 2.21 bits per heavy atom. The van der Waals surface area contributed by atoms with Gasteiger partial charge in [-0.3, -0.25) is 0 Å². The fourth-order valence-electron chi connectivity index (χ4n) is 0.984. The number of rotatable bonds is 3. The van der Waals surface area contributed by atoms with Gasteiger partial charge in [0.2, 0.25) is 5.95 Å². The molecule has 1 aromatic rings. The first kappa shape index (κ1) is 11.3. The van der Waals surface area contributed by atoms with E-state index in [1.807, 2.05) is 0 Å². The van der Waals surface area contributed by atoms with Gasteiger partial charge < -0.3 is 4.74 Å². The molecule has 1 heterocycles. The van der Waals surface area contributed by atoms with E-state index < -0.39 is 17.9 Å². The van der Waals surface area contributed by atoms with Crippen molar-refractivity contribution in [2.75, 3.05) is 7.11 Å². The quantitative estimate of drug-likeness (QED) is 0.622. The zero-order chi connectivity index (χ0) is 10.7. The first-order chi connectivity index (χ1) is 6.60. The Kier molecular flexibility index (Phi) is 3.74. The smallest absolute Gasteiger partial charge is 0.271 e. The fraction of sp³-hybridized carbons (Fsp3) is 0.375. The lowest BCUT2D eigenvalue weighted by atomic mass is 10.2. The maximum atomic E-state index is 13.0. The summed E-state index contributed by atoms with van der Waals surface area (Å²) in [5.74, 6) is -1.37. The molecule has 0 aliphatic carbocycles. The molecule has 1 rings (SSSR count). The zero-order valence-corrected chi connectivity index (χ0v) is 8.82. The normalized spacial score (nSPS) is 10.7. The van der Waals surface area contributed by atoms with E-state index >= 15 is 0 Å². The van der Waals surface area contributed by atoms with Crippen molar-refractivity contribution in [2.45, 2.75) is 11.8 Å². The lowest BCUT2D eigenvalue weighted by Crippen LogP contribution is -2.02. The van der Waals surface area contributed by atoms with Crippen molar-refractivity contribution in [3.8, 4) is 5.75 Å². The van der Waals surface area contributed by atoms with Crippen molar-refractivity contribution in [3.63, 3.8) is 0 Å². The molecule has 0 atom stereocenters. The lowest BCUT2D eigenvalue weighted by Gasteiger charge is -2.09. The third-order valence-corrected chi connectivity index (χ3v) is 2.18. The molecule has 0 saturated carbocycles. The Labute approximate surface area is 87.2 Å². The summed E-state index contributed by atoms with van der Waals surface area (Å²) in [5, 5.41) is 0.282. The fourth-order valence-corrected chi connectivity index (χ4v) is 1.27. The van der Waals surface area contributed by atoms with Gasteiger partial charge in [-0.25, -0.2) is 13.8 Å². The Morgan fingerprint density at radius 1 is 1.57 bits per heavy atom. The van der Waals surface area contributed by atoms with Gasteiger partial charge in [-0.15, -0.1) is 0 Å². The molecule has 2 nitrogen and oxygen atoms in total. The van der Waals surface area contributed by atoms with Crippen LogP contribution in [0, 0.1) is 5.95 Å². The van der Waals surface area contributed by atoms with Crippen LogP contribution in [-0.2, 0) is 5.33 Å². The van der Waals surface area contributed by atoms with Crippen molar-refractivity contribution in [2.24, 2.45) is 0 Å². The van der Waals surface area contributed by atoms with Gasteiger partial charge in [0.1, 0.15) is 11.3 Å². The van der Waals surface area contributed by atoms with Crippen molar-refractivity contribution in [1.82, 2.24) is 4.98 Å². The minimum Gasteiger partial charge on any atom is -0.496 e. The highest BCUT2D eigenvalue weighted by molar-refractivity contribution is 9.08. The highest BCUT2D eigenvalue weighted by Gasteiger charge is 2.21. The van der Waals surface area contributed by atoms with Gasteiger partial charge in [-0.05, 0) is 0 Å². The molecule has 1 aromatic heterocycles. The Bertz CT molecular complexity index is 333. The maximum Gasteiger partial charge on any atom is 0.271 e. The summed E-state index contributed by atoms with van der Waals surface area (Å²) in [6.45, 7) is 0. The van der Waals surface area contributed by atoms with E-state index in [1.54, 1.807) is 0 Å². The number of hydrogen-bond acceptors (Lipinski definition) is 2. The second-order valence-electron chi connectivity index (χ2n) is 2.45. The second-order valence-corrected chi connectivity index (χ2v) is 3.02. The molecule has 0 N–H and O–H groups in total. The molecule has 78 valence electrons. The van der Waals surface area contributed by atoms with Crippen molar-refractivity contribution in [1.29, 1.82) is 0 Å². The minimum absolute atomic E-state index is 0.179.